The average Bonchev–Trinajstić information content (AvgIpc) is 3.41. The summed E-state index contributed by atoms with van der Waals surface area (Å²) < 4.78 is 0. The molecule has 3 heterocycles. The zero-order valence-electron chi connectivity index (χ0n) is 17.2. The number of amides is 2. The van der Waals surface area contributed by atoms with E-state index in [0.717, 1.165) is 46.2 Å². The number of thiophene rings is 1. The number of nitrogens with one attached hydrogen (secondary N) is 1. The molecule has 7 heteroatoms. The van der Waals surface area contributed by atoms with Crippen molar-refractivity contribution >= 4 is 40.2 Å². The highest BCUT2D eigenvalue weighted by molar-refractivity contribution is 7.20. The van der Waals surface area contributed by atoms with Crippen LogP contribution in [-0.4, -0.2) is 34.3 Å². The number of hydrogen-bond acceptors (Lipinski definition) is 5. The number of anilines is 1. The Kier molecular flexibility index (Phi) is 6.29. The topological polar surface area (TPSA) is 62.3 Å². The van der Waals surface area contributed by atoms with Crippen LogP contribution in [0.2, 0.25) is 0 Å². The van der Waals surface area contributed by atoms with Crippen LogP contribution in [0.3, 0.4) is 0 Å². The summed E-state index contributed by atoms with van der Waals surface area (Å²) in [5.41, 5.74) is 3.07. The first-order chi connectivity index (χ1) is 14.5. The second-order valence-corrected chi connectivity index (χ2v) is 9.53. The standard InChI is InChI=1S/C23H25N3O2S2/c1-15-12-17(23(28)26-10-4-3-6-16(26)2)8-9-19(15)25-21(27)13-18-14-30-22(24-18)20-7-5-11-29-20/h5,7-9,11-12,14,16H,3-4,6,10,13H2,1-2H3,(H,25,27). The zero-order valence-corrected chi connectivity index (χ0v) is 18.8. The van der Waals surface area contributed by atoms with Crippen LogP contribution in [0.5, 0.6) is 0 Å². The van der Waals surface area contributed by atoms with E-state index < -0.39 is 0 Å². The SMILES string of the molecule is Cc1cc(C(=O)N2CCCCC2C)ccc1NC(=O)Cc1csc(-c2cccs2)n1. The monoisotopic (exact) mass is 439 g/mol. The van der Waals surface area contributed by atoms with Crippen LogP contribution >= 0.6 is 22.7 Å². The van der Waals surface area contributed by atoms with E-state index >= 15 is 0 Å². The molecule has 1 aliphatic rings. The van der Waals surface area contributed by atoms with Gasteiger partial charge in [0.05, 0.1) is 17.0 Å². The van der Waals surface area contributed by atoms with Crippen molar-refractivity contribution in [2.45, 2.75) is 45.6 Å². The van der Waals surface area contributed by atoms with Crippen molar-refractivity contribution in [2.75, 3.05) is 11.9 Å². The molecule has 1 saturated heterocycles. The quantitative estimate of drug-likeness (QED) is 0.581. The summed E-state index contributed by atoms with van der Waals surface area (Å²) in [6.45, 7) is 4.85. The molecular weight excluding hydrogens is 414 g/mol. The maximum Gasteiger partial charge on any atom is 0.254 e. The number of carbonyl (C=O) groups is 2. The van der Waals surface area contributed by atoms with E-state index in [9.17, 15) is 9.59 Å². The minimum atomic E-state index is -0.107. The number of aromatic nitrogens is 1. The van der Waals surface area contributed by atoms with Crippen LogP contribution in [0.1, 0.15) is 47.8 Å². The highest BCUT2D eigenvalue weighted by Crippen LogP contribution is 2.28. The summed E-state index contributed by atoms with van der Waals surface area (Å²) in [6.07, 6.45) is 3.54. The minimum Gasteiger partial charge on any atom is -0.336 e. The van der Waals surface area contributed by atoms with E-state index in [4.69, 9.17) is 0 Å². The summed E-state index contributed by atoms with van der Waals surface area (Å²) in [7, 11) is 0. The Hall–Kier alpha value is -2.51. The molecule has 1 aromatic carbocycles. The fraction of sp³-hybridized carbons (Fsp3) is 0.348. The second-order valence-electron chi connectivity index (χ2n) is 7.72. The second kappa shape index (κ2) is 9.10. The predicted octanol–water partition coefficient (Wildman–Crippen LogP) is 5.38. The Labute approximate surface area is 184 Å². The summed E-state index contributed by atoms with van der Waals surface area (Å²) in [4.78, 5) is 33.0. The van der Waals surface area contributed by atoms with Crippen molar-refractivity contribution in [1.82, 2.24) is 9.88 Å². The number of benzene rings is 1. The molecule has 0 spiro atoms. The number of thiazole rings is 1. The molecule has 1 aliphatic heterocycles. The van der Waals surface area contributed by atoms with Crippen LogP contribution in [0.25, 0.3) is 9.88 Å². The summed E-state index contributed by atoms with van der Waals surface area (Å²) in [5.74, 6) is -0.0309. The first-order valence-electron chi connectivity index (χ1n) is 10.2. The van der Waals surface area contributed by atoms with Gasteiger partial charge in [-0.1, -0.05) is 6.07 Å². The molecule has 2 aromatic heterocycles. The fourth-order valence-electron chi connectivity index (χ4n) is 3.76. The van der Waals surface area contributed by atoms with Crippen LogP contribution < -0.4 is 5.32 Å². The molecule has 2 amide bonds. The lowest BCUT2D eigenvalue weighted by Crippen LogP contribution is -2.42. The molecule has 4 rings (SSSR count). The Morgan fingerprint density at radius 3 is 2.83 bits per heavy atom. The van der Waals surface area contributed by atoms with Gasteiger partial charge in [0.25, 0.3) is 5.91 Å². The normalized spacial score (nSPS) is 16.5. The van der Waals surface area contributed by atoms with E-state index in [0.29, 0.717) is 5.56 Å². The summed E-state index contributed by atoms with van der Waals surface area (Å²) in [5, 5.41) is 7.86. The number of nitrogens with zero attached hydrogens (tertiary/aromatic N) is 2. The van der Waals surface area contributed by atoms with Crippen molar-refractivity contribution < 1.29 is 9.59 Å². The van der Waals surface area contributed by atoms with Gasteiger partial charge in [-0.2, -0.15) is 0 Å². The lowest BCUT2D eigenvalue weighted by atomic mass is 10.0. The Bertz CT molecular complexity index is 1040. The Morgan fingerprint density at radius 2 is 2.10 bits per heavy atom. The van der Waals surface area contributed by atoms with Crippen molar-refractivity contribution in [1.29, 1.82) is 0 Å². The lowest BCUT2D eigenvalue weighted by Gasteiger charge is -2.33. The van der Waals surface area contributed by atoms with Crippen molar-refractivity contribution in [3.8, 4) is 9.88 Å². The van der Waals surface area contributed by atoms with E-state index in [1.165, 1.54) is 6.42 Å². The van der Waals surface area contributed by atoms with Gasteiger partial charge >= 0.3 is 0 Å². The molecule has 1 unspecified atom stereocenters. The third-order valence-corrected chi connectivity index (χ3v) is 7.37. The highest BCUT2D eigenvalue weighted by atomic mass is 32.1. The molecule has 30 heavy (non-hydrogen) atoms. The maximum atomic E-state index is 12.9. The minimum absolute atomic E-state index is 0.0757. The van der Waals surface area contributed by atoms with Gasteiger partial charge in [-0.25, -0.2) is 4.98 Å². The molecule has 1 fully saturated rings. The van der Waals surface area contributed by atoms with Crippen LogP contribution in [0, 0.1) is 6.92 Å². The molecule has 156 valence electrons. The van der Waals surface area contributed by atoms with Gasteiger partial charge in [0.15, 0.2) is 0 Å². The van der Waals surface area contributed by atoms with Gasteiger partial charge < -0.3 is 10.2 Å². The average molecular weight is 440 g/mol. The molecular formula is C23H25N3O2S2. The number of hydrogen-bond donors (Lipinski definition) is 1. The third kappa shape index (κ3) is 4.63. The van der Waals surface area contributed by atoms with Gasteiger partial charge in [-0.05, 0) is 68.3 Å². The van der Waals surface area contributed by atoms with Gasteiger partial charge in [0.2, 0.25) is 5.91 Å². The van der Waals surface area contributed by atoms with E-state index in [1.807, 2.05) is 52.9 Å². The van der Waals surface area contributed by atoms with Crippen molar-refractivity contribution in [3.05, 3.63) is 57.9 Å². The van der Waals surface area contributed by atoms with Gasteiger partial charge in [-0.3, -0.25) is 9.59 Å². The molecule has 0 aliphatic carbocycles. The van der Waals surface area contributed by atoms with Gasteiger partial charge in [0.1, 0.15) is 5.01 Å². The van der Waals surface area contributed by atoms with E-state index in [2.05, 4.69) is 17.2 Å². The first-order valence-corrected chi connectivity index (χ1v) is 12.0. The third-order valence-electron chi connectivity index (χ3n) is 5.44. The van der Waals surface area contributed by atoms with Crippen LogP contribution in [0.15, 0.2) is 41.1 Å². The largest absolute Gasteiger partial charge is 0.336 e. The van der Waals surface area contributed by atoms with Gasteiger partial charge in [-0.15, -0.1) is 22.7 Å². The number of aryl methyl sites for hydroxylation is 1. The number of carbonyl (C=O) groups excluding carboxylic acids is 2. The molecule has 0 bridgehead atoms. The number of piperidine rings is 1. The molecule has 0 radical (unpaired) electrons. The van der Waals surface area contributed by atoms with Crippen molar-refractivity contribution in [2.24, 2.45) is 0 Å². The maximum absolute atomic E-state index is 12.9. The number of rotatable bonds is 5. The lowest BCUT2D eigenvalue weighted by molar-refractivity contribution is -0.115. The molecule has 0 saturated carbocycles. The van der Waals surface area contributed by atoms with E-state index in [-0.39, 0.29) is 24.3 Å². The molecule has 5 nitrogen and oxygen atoms in total. The smallest absolute Gasteiger partial charge is 0.254 e. The van der Waals surface area contributed by atoms with Crippen LogP contribution in [0.4, 0.5) is 5.69 Å². The van der Waals surface area contributed by atoms with Crippen LogP contribution in [-0.2, 0) is 11.2 Å². The van der Waals surface area contributed by atoms with Gasteiger partial charge in [0, 0.05) is 29.2 Å². The summed E-state index contributed by atoms with van der Waals surface area (Å²) >= 11 is 3.20. The molecule has 3 aromatic rings. The number of likely N-dealkylation sites (tertiary alicyclic amines) is 1. The van der Waals surface area contributed by atoms with Crippen molar-refractivity contribution in [3.63, 3.8) is 0 Å². The molecule has 1 N–H and O–H groups in total. The first kappa shape index (κ1) is 20.8. The van der Waals surface area contributed by atoms with E-state index in [1.54, 1.807) is 22.7 Å². The predicted molar refractivity (Wildman–Crippen MR) is 123 cm³/mol. The Balaban J connectivity index is 1.40. The Morgan fingerprint density at radius 1 is 1.23 bits per heavy atom. The zero-order chi connectivity index (χ0) is 21.1. The fourth-order valence-corrected chi connectivity index (χ4v) is 5.40. The molecule has 1 atom stereocenters. The summed E-state index contributed by atoms with van der Waals surface area (Å²) in [6, 6.07) is 9.82. The highest BCUT2D eigenvalue weighted by Gasteiger charge is 2.24.